The van der Waals surface area contributed by atoms with Crippen molar-refractivity contribution in [2.75, 3.05) is 11.6 Å². The first-order valence-corrected chi connectivity index (χ1v) is 6.47. The van der Waals surface area contributed by atoms with E-state index in [4.69, 9.17) is 0 Å². The lowest BCUT2D eigenvalue weighted by molar-refractivity contribution is -0.111. The maximum Gasteiger partial charge on any atom is 0.126 e. The SMILES string of the molecule is O=CC1CN(c2ccccc2)NC1c1ccccc1. The second-order valence-corrected chi connectivity index (χ2v) is 4.76. The standard InChI is InChI=1S/C16H16N2O/c19-12-14-11-18(15-9-5-2-6-10-15)17-16(14)13-7-3-1-4-8-13/h1-10,12,14,16-17H,11H2. The smallest absolute Gasteiger partial charge is 0.126 e. The fourth-order valence-corrected chi connectivity index (χ4v) is 2.52. The highest BCUT2D eigenvalue weighted by atomic mass is 16.1. The summed E-state index contributed by atoms with van der Waals surface area (Å²) in [6.07, 6.45) is 1.05. The van der Waals surface area contributed by atoms with Crippen LogP contribution in [0.25, 0.3) is 0 Å². The van der Waals surface area contributed by atoms with Gasteiger partial charge in [0.05, 0.1) is 17.6 Å². The maximum absolute atomic E-state index is 11.3. The van der Waals surface area contributed by atoms with Crippen LogP contribution in [-0.4, -0.2) is 12.8 Å². The summed E-state index contributed by atoms with van der Waals surface area (Å²) in [6, 6.07) is 20.3. The largest absolute Gasteiger partial charge is 0.307 e. The number of aldehydes is 1. The molecular weight excluding hydrogens is 236 g/mol. The third-order valence-corrected chi connectivity index (χ3v) is 3.52. The zero-order chi connectivity index (χ0) is 13.1. The van der Waals surface area contributed by atoms with E-state index in [1.165, 1.54) is 0 Å². The van der Waals surface area contributed by atoms with Gasteiger partial charge in [-0.1, -0.05) is 48.5 Å². The Kier molecular flexibility index (Phi) is 3.29. The van der Waals surface area contributed by atoms with Crippen molar-refractivity contribution in [2.45, 2.75) is 6.04 Å². The molecule has 3 nitrogen and oxygen atoms in total. The second kappa shape index (κ2) is 5.24. The molecule has 2 atom stereocenters. The number of rotatable bonds is 3. The van der Waals surface area contributed by atoms with Gasteiger partial charge in [-0.05, 0) is 17.7 Å². The van der Waals surface area contributed by atoms with Gasteiger partial charge in [0, 0.05) is 6.54 Å². The number of hydrogen-bond donors (Lipinski definition) is 1. The molecule has 19 heavy (non-hydrogen) atoms. The number of hydrogen-bond acceptors (Lipinski definition) is 3. The highest BCUT2D eigenvalue weighted by Crippen LogP contribution is 2.29. The van der Waals surface area contributed by atoms with Gasteiger partial charge in [-0.2, -0.15) is 0 Å². The first-order chi connectivity index (χ1) is 9.38. The molecule has 1 aliphatic heterocycles. The van der Waals surface area contributed by atoms with Crippen LogP contribution in [0.1, 0.15) is 11.6 Å². The molecule has 0 bridgehead atoms. The molecule has 3 heteroatoms. The molecule has 1 heterocycles. The van der Waals surface area contributed by atoms with Gasteiger partial charge in [-0.25, -0.2) is 5.43 Å². The molecule has 1 N–H and O–H groups in total. The normalized spacial score (nSPS) is 22.4. The number of anilines is 1. The predicted molar refractivity (Wildman–Crippen MR) is 75.7 cm³/mol. The van der Waals surface area contributed by atoms with Gasteiger partial charge in [0.1, 0.15) is 6.29 Å². The van der Waals surface area contributed by atoms with E-state index in [0.29, 0.717) is 6.54 Å². The lowest BCUT2D eigenvalue weighted by Crippen LogP contribution is -2.31. The van der Waals surface area contributed by atoms with E-state index in [-0.39, 0.29) is 12.0 Å². The van der Waals surface area contributed by atoms with Gasteiger partial charge in [0.15, 0.2) is 0 Å². The fourth-order valence-electron chi connectivity index (χ4n) is 2.52. The van der Waals surface area contributed by atoms with E-state index in [9.17, 15) is 4.79 Å². The minimum atomic E-state index is -0.0254. The molecule has 0 aliphatic carbocycles. The van der Waals surface area contributed by atoms with E-state index in [2.05, 4.69) is 22.6 Å². The molecule has 2 unspecified atom stereocenters. The van der Waals surface area contributed by atoms with Gasteiger partial charge < -0.3 is 9.80 Å². The van der Waals surface area contributed by atoms with Crippen LogP contribution in [0.15, 0.2) is 60.7 Å². The summed E-state index contributed by atoms with van der Waals surface area (Å²) in [7, 11) is 0. The molecule has 1 saturated heterocycles. The molecule has 0 amide bonds. The highest BCUT2D eigenvalue weighted by molar-refractivity contribution is 5.60. The van der Waals surface area contributed by atoms with Crippen LogP contribution < -0.4 is 10.4 Å². The Morgan fingerprint density at radius 1 is 1.00 bits per heavy atom. The van der Waals surface area contributed by atoms with Gasteiger partial charge >= 0.3 is 0 Å². The third-order valence-electron chi connectivity index (χ3n) is 3.52. The molecule has 0 spiro atoms. The number of para-hydroxylation sites is 1. The Hall–Kier alpha value is -2.13. The Labute approximate surface area is 112 Å². The molecule has 0 aromatic heterocycles. The first kappa shape index (κ1) is 11.9. The van der Waals surface area contributed by atoms with Crippen molar-refractivity contribution in [1.82, 2.24) is 5.43 Å². The number of nitrogens with zero attached hydrogens (tertiary/aromatic N) is 1. The van der Waals surface area contributed by atoms with Crippen molar-refractivity contribution in [2.24, 2.45) is 5.92 Å². The quantitative estimate of drug-likeness (QED) is 0.852. The lowest BCUT2D eigenvalue weighted by Gasteiger charge is -2.20. The van der Waals surface area contributed by atoms with Crippen molar-refractivity contribution < 1.29 is 4.79 Å². The van der Waals surface area contributed by atoms with Crippen molar-refractivity contribution in [3.63, 3.8) is 0 Å². The average molecular weight is 252 g/mol. The van der Waals surface area contributed by atoms with Gasteiger partial charge in [0.2, 0.25) is 0 Å². The van der Waals surface area contributed by atoms with Crippen LogP contribution in [-0.2, 0) is 4.79 Å². The van der Waals surface area contributed by atoms with E-state index in [1.54, 1.807) is 0 Å². The van der Waals surface area contributed by atoms with E-state index >= 15 is 0 Å². The van der Waals surface area contributed by atoms with E-state index < -0.39 is 0 Å². The van der Waals surface area contributed by atoms with Crippen LogP contribution in [0.2, 0.25) is 0 Å². The zero-order valence-corrected chi connectivity index (χ0v) is 10.6. The van der Waals surface area contributed by atoms with Gasteiger partial charge in [-0.15, -0.1) is 0 Å². The Morgan fingerprint density at radius 2 is 1.63 bits per heavy atom. The minimum absolute atomic E-state index is 0.0254. The number of carbonyl (C=O) groups excluding carboxylic acids is 1. The summed E-state index contributed by atoms with van der Waals surface area (Å²) in [4.78, 5) is 11.3. The van der Waals surface area contributed by atoms with Crippen LogP contribution in [0.4, 0.5) is 5.69 Å². The molecule has 1 fully saturated rings. The van der Waals surface area contributed by atoms with Crippen molar-refractivity contribution >= 4 is 12.0 Å². The number of nitrogens with one attached hydrogen (secondary N) is 1. The highest BCUT2D eigenvalue weighted by Gasteiger charge is 2.33. The van der Waals surface area contributed by atoms with Crippen molar-refractivity contribution in [1.29, 1.82) is 0 Å². The molecule has 0 saturated carbocycles. The summed E-state index contributed by atoms with van der Waals surface area (Å²) >= 11 is 0. The topological polar surface area (TPSA) is 32.3 Å². The minimum Gasteiger partial charge on any atom is -0.307 e. The summed E-state index contributed by atoms with van der Waals surface area (Å²) in [6.45, 7) is 0.701. The molecular formula is C16H16N2O. The predicted octanol–water partition coefficient (Wildman–Crippen LogP) is 2.57. The second-order valence-electron chi connectivity index (χ2n) is 4.76. The molecule has 2 aromatic carbocycles. The Morgan fingerprint density at radius 3 is 2.26 bits per heavy atom. The van der Waals surface area contributed by atoms with Gasteiger partial charge in [-0.3, -0.25) is 0 Å². The van der Waals surface area contributed by atoms with E-state index in [1.807, 2.05) is 48.5 Å². The average Bonchev–Trinajstić information content (AvgIpc) is 2.93. The monoisotopic (exact) mass is 252 g/mol. The van der Waals surface area contributed by atoms with Crippen molar-refractivity contribution in [3.8, 4) is 0 Å². The van der Waals surface area contributed by atoms with Crippen molar-refractivity contribution in [3.05, 3.63) is 66.2 Å². The third kappa shape index (κ3) is 2.37. The van der Waals surface area contributed by atoms with Crippen LogP contribution in [0, 0.1) is 5.92 Å². The summed E-state index contributed by atoms with van der Waals surface area (Å²) < 4.78 is 0. The van der Waals surface area contributed by atoms with Crippen LogP contribution >= 0.6 is 0 Å². The Balaban J connectivity index is 1.85. The molecule has 1 aliphatic rings. The Bertz CT molecular complexity index is 541. The van der Waals surface area contributed by atoms with Crippen LogP contribution in [0.5, 0.6) is 0 Å². The van der Waals surface area contributed by atoms with Crippen LogP contribution in [0.3, 0.4) is 0 Å². The fraction of sp³-hybridized carbons (Fsp3) is 0.188. The van der Waals surface area contributed by atoms with Gasteiger partial charge in [0.25, 0.3) is 0 Å². The first-order valence-electron chi connectivity index (χ1n) is 6.47. The molecule has 96 valence electrons. The zero-order valence-electron chi connectivity index (χ0n) is 10.6. The number of carbonyl (C=O) groups is 1. The number of benzene rings is 2. The number of hydrazine groups is 1. The van der Waals surface area contributed by atoms with E-state index in [0.717, 1.165) is 17.5 Å². The summed E-state index contributed by atoms with van der Waals surface area (Å²) in [5.41, 5.74) is 5.67. The lowest BCUT2D eigenvalue weighted by atomic mass is 9.96. The summed E-state index contributed by atoms with van der Waals surface area (Å²) in [5, 5.41) is 2.05. The molecule has 3 rings (SSSR count). The summed E-state index contributed by atoms with van der Waals surface area (Å²) in [5.74, 6) is -0.0254. The molecule has 2 aromatic rings. The molecule has 0 radical (unpaired) electrons. The maximum atomic E-state index is 11.3.